The third-order valence-corrected chi connectivity index (χ3v) is 2.03. The van der Waals surface area contributed by atoms with Crippen molar-refractivity contribution < 1.29 is 14.3 Å². The highest BCUT2D eigenvalue weighted by molar-refractivity contribution is 5.76. The van der Waals surface area contributed by atoms with E-state index in [2.05, 4.69) is 0 Å². The van der Waals surface area contributed by atoms with E-state index in [1.807, 2.05) is 0 Å². The van der Waals surface area contributed by atoms with Crippen LogP contribution in [0.5, 0.6) is 0 Å². The Labute approximate surface area is 81.4 Å². The first-order valence-electron chi connectivity index (χ1n) is 4.33. The molecule has 0 bridgehead atoms. The number of nitrogens with two attached hydrogens (primary N) is 1. The molecule has 0 aliphatic heterocycles. The summed E-state index contributed by atoms with van der Waals surface area (Å²) in [4.78, 5) is 10.8. The maximum absolute atomic E-state index is 12.6. The van der Waals surface area contributed by atoms with Gasteiger partial charge in [-0.3, -0.25) is 4.79 Å². The molecule has 0 spiro atoms. The third-order valence-electron chi connectivity index (χ3n) is 2.03. The maximum atomic E-state index is 12.6. The molecule has 0 aromatic heterocycles. The Morgan fingerprint density at radius 1 is 1.43 bits per heavy atom. The van der Waals surface area contributed by atoms with Crippen molar-refractivity contribution in [3.8, 4) is 0 Å². The molecule has 3 nitrogen and oxygen atoms in total. The average molecular weight is 197 g/mol. The number of carboxylic acid groups (broad SMARTS) is 1. The van der Waals surface area contributed by atoms with Gasteiger partial charge in [-0.15, -0.1) is 0 Å². The summed E-state index contributed by atoms with van der Waals surface area (Å²) in [7, 11) is 0. The number of hydrogen-bond donors (Lipinski definition) is 2. The van der Waals surface area contributed by atoms with Crippen molar-refractivity contribution in [2.45, 2.75) is 12.3 Å². The fourth-order valence-corrected chi connectivity index (χ4v) is 1.29. The van der Waals surface area contributed by atoms with Gasteiger partial charge in [0, 0.05) is 0 Å². The zero-order chi connectivity index (χ0) is 10.6. The topological polar surface area (TPSA) is 63.3 Å². The molecule has 1 aromatic carbocycles. The Bertz CT molecular complexity index is 310. The lowest BCUT2D eigenvalue weighted by Gasteiger charge is -2.10. The highest BCUT2D eigenvalue weighted by Crippen LogP contribution is 2.19. The first-order chi connectivity index (χ1) is 6.65. The van der Waals surface area contributed by atoms with E-state index in [0.717, 1.165) is 0 Å². The average Bonchev–Trinajstić information content (AvgIpc) is 2.15. The van der Waals surface area contributed by atoms with Gasteiger partial charge >= 0.3 is 5.97 Å². The summed E-state index contributed by atoms with van der Waals surface area (Å²) in [6.45, 7) is 0.300. The second kappa shape index (κ2) is 4.72. The van der Waals surface area contributed by atoms with E-state index in [9.17, 15) is 9.18 Å². The van der Waals surface area contributed by atoms with Gasteiger partial charge in [-0.25, -0.2) is 4.39 Å². The van der Waals surface area contributed by atoms with E-state index < -0.39 is 11.9 Å². The molecule has 0 radical (unpaired) electrons. The molecule has 76 valence electrons. The number of benzene rings is 1. The first kappa shape index (κ1) is 10.7. The van der Waals surface area contributed by atoms with Crippen LogP contribution < -0.4 is 5.73 Å². The number of carbonyl (C=O) groups is 1. The number of hydrogen-bond acceptors (Lipinski definition) is 2. The van der Waals surface area contributed by atoms with Gasteiger partial charge in [-0.1, -0.05) is 12.1 Å². The molecular weight excluding hydrogens is 185 g/mol. The van der Waals surface area contributed by atoms with Crippen LogP contribution in [0.2, 0.25) is 0 Å². The molecule has 0 aliphatic rings. The molecule has 14 heavy (non-hydrogen) atoms. The Hall–Kier alpha value is -1.42. The summed E-state index contributed by atoms with van der Waals surface area (Å²) in [5, 5.41) is 8.88. The van der Waals surface area contributed by atoms with Crippen LogP contribution in [-0.2, 0) is 4.79 Å². The van der Waals surface area contributed by atoms with Crippen LogP contribution >= 0.6 is 0 Å². The Morgan fingerprint density at radius 2 is 2.00 bits per heavy atom. The van der Waals surface area contributed by atoms with Crippen LogP contribution in [0.15, 0.2) is 24.3 Å². The molecule has 1 aromatic rings. The summed E-state index contributed by atoms with van der Waals surface area (Å²) in [5.74, 6) is -1.94. The fourth-order valence-electron chi connectivity index (χ4n) is 1.29. The Balaban J connectivity index is 2.87. The standard InChI is InChI=1S/C10H12FNO2/c11-8-3-1-7(2-4-8)9(5-6-12)10(13)14/h1-4,9H,5-6,12H2,(H,13,14). The molecule has 0 fully saturated rings. The van der Waals surface area contributed by atoms with Crippen molar-refractivity contribution in [1.82, 2.24) is 0 Å². The lowest BCUT2D eigenvalue weighted by atomic mass is 9.96. The number of rotatable bonds is 4. The highest BCUT2D eigenvalue weighted by Gasteiger charge is 2.18. The van der Waals surface area contributed by atoms with Crippen molar-refractivity contribution in [3.05, 3.63) is 35.6 Å². The lowest BCUT2D eigenvalue weighted by Crippen LogP contribution is -2.16. The van der Waals surface area contributed by atoms with Crippen molar-refractivity contribution in [2.24, 2.45) is 5.73 Å². The molecule has 0 amide bonds. The Kier molecular flexibility index (Phi) is 3.59. The number of aliphatic carboxylic acids is 1. The highest BCUT2D eigenvalue weighted by atomic mass is 19.1. The van der Waals surface area contributed by atoms with Gasteiger partial charge in [0.25, 0.3) is 0 Å². The van der Waals surface area contributed by atoms with Crippen LogP contribution in [-0.4, -0.2) is 17.6 Å². The molecule has 1 unspecified atom stereocenters. The van der Waals surface area contributed by atoms with Gasteiger partial charge in [0.05, 0.1) is 5.92 Å². The van der Waals surface area contributed by atoms with Crippen molar-refractivity contribution in [1.29, 1.82) is 0 Å². The maximum Gasteiger partial charge on any atom is 0.311 e. The van der Waals surface area contributed by atoms with Gasteiger partial charge in [0.1, 0.15) is 5.82 Å². The molecule has 0 aliphatic carbocycles. The van der Waals surface area contributed by atoms with E-state index in [4.69, 9.17) is 10.8 Å². The lowest BCUT2D eigenvalue weighted by molar-refractivity contribution is -0.138. The molecule has 3 N–H and O–H groups in total. The molecule has 1 atom stereocenters. The van der Waals surface area contributed by atoms with Crippen LogP contribution in [0.1, 0.15) is 17.9 Å². The van der Waals surface area contributed by atoms with E-state index in [-0.39, 0.29) is 5.82 Å². The number of carboxylic acids is 1. The van der Waals surface area contributed by atoms with Crippen LogP contribution in [0.25, 0.3) is 0 Å². The minimum absolute atomic E-state index is 0.300. The Morgan fingerprint density at radius 3 is 2.43 bits per heavy atom. The molecule has 4 heteroatoms. The predicted octanol–water partition coefficient (Wildman–Crippen LogP) is 1.34. The monoisotopic (exact) mass is 197 g/mol. The molecule has 0 saturated carbocycles. The predicted molar refractivity (Wildman–Crippen MR) is 50.4 cm³/mol. The van der Waals surface area contributed by atoms with E-state index in [1.165, 1.54) is 24.3 Å². The van der Waals surface area contributed by atoms with Crippen LogP contribution in [0.3, 0.4) is 0 Å². The summed E-state index contributed by atoms with van der Waals surface area (Å²) >= 11 is 0. The molecule has 0 heterocycles. The van der Waals surface area contributed by atoms with E-state index >= 15 is 0 Å². The summed E-state index contributed by atoms with van der Waals surface area (Å²) in [6.07, 6.45) is 0.362. The first-order valence-corrected chi connectivity index (χ1v) is 4.33. The normalized spacial score (nSPS) is 12.4. The van der Waals surface area contributed by atoms with Gasteiger partial charge in [0.15, 0.2) is 0 Å². The van der Waals surface area contributed by atoms with E-state index in [0.29, 0.717) is 18.5 Å². The van der Waals surface area contributed by atoms with Gasteiger partial charge in [0.2, 0.25) is 0 Å². The van der Waals surface area contributed by atoms with Crippen LogP contribution in [0.4, 0.5) is 4.39 Å². The summed E-state index contributed by atoms with van der Waals surface area (Å²) in [5.41, 5.74) is 5.88. The third kappa shape index (κ3) is 2.53. The van der Waals surface area contributed by atoms with Gasteiger partial charge in [-0.05, 0) is 30.7 Å². The SMILES string of the molecule is NCCC(C(=O)O)c1ccc(F)cc1. The largest absolute Gasteiger partial charge is 0.481 e. The quantitative estimate of drug-likeness (QED) is 0.765. The second-order valence-corrected chi connectivity index (χ2v) is 3.02. The molecule has 0 saturated heterocycles. The number of halogens is 1. The van der Waals surface area contributed by atoms with Gasteiger partial charge < -0.3 is 10.8 Å². The van der Waals surface area contributed by atoms with Crippen molar-refractivity contribution >= 4 is 5.97 Å². The minimum atomic E-state index is -0.929. The molecule has 1 rings (SSSR count). The minimum Gasteiger partial charge on any atom is -0.481 e. The van der Waals surface area contributed by atoms with Gasteiger partial charge in [-0.2, -0.15) is 0 Å². The zero-order valence-corrected chi connectivity index (χ0v) is 7.61. The summed E-state index contributed by atoms with van der Waals surface area (Å²) < 4.78 is 12.6. The van der Waals surface area contributed by atoms with Crippen LogP contribution in [0, 0.1) is 5.82 Å². The van der Waals surface area contributed by atoms with Crippen molar-refractivity contribution in [2.75, 3.05) is 6.54 Å². The fraction of sp³-hybridized carbons (Fsp3) is 0.300. The van der Waals surface area contributed by atoms with Crippen molar-refractivity contribution in [3.63, 3.8) is 0 Å². The van der Waals surface area contributed by atoms with E-state index in [1.54, 1.807) is 0 Å². The second-order valence-electron chi connectivity index (χ2n) is 3.02. The smallest absolute Gasteiger partial charge is 0.311 e. The molecular formula is C10H12FNO2. The summed E-state index contributed by atoms with van der Waals surface area (Å²) in [6, 6.07) is 5.46. The zero-order valence-electron chi connectivity index (χ0n) is 7.61.